The number of piperidine rings is 1. The molecule has 2 saturated carbocycles. The first-order chi connectivity index (χ1) is 14.7. The molecule has 6 nitrogen and oxygen atoms in total. The maximum atomic E-state index is 5.43. The second-order valence-electron chi connectivity index (χ2n) is 9.03. The van der Waals surface area contributed by atoms with Crippen molar-refractivity contribution in [1.29, 1.82) is 0 Å². The van der Waals surface area contributed by atoms with Crippen molar-refractivity contribution in [3.05, 3.63) is 18.2 Å². The van der Waals surface area contributed by atoms with Gasteiger partial charge in [0.2, 0.25) is 0 Å². The van der Waals surface area contributed by atoms with Gasteiger partial charge in [-0.25, -0.2) is 0 Å². The van der Waals surface area contributed by atoms with Crippen LogP contribution in [0, 0.1) is 17.8 Å². The summed E-state index contributed by atoms with van der Waals surface area (Å²) in [4.78, 5) is 7.42. The van der Waals surface area contributed by atoms with E-state index in [0.717, 1.165) is 74.2 Å². The minimum absolute atomic E-state index is 0. The third-order valence-corrected chi connectivity index (χ3v) is 6.80. The fourth-order valence-corrected chi connectivity index (χ4v) is 4.70. The number of nitrogens with one attached hydrogen (secondary N) is 2. The van der Waals surface area contributed by atoms with Crippen LogP contribution >= 0.6 is 24.0 Å². The molecule has 31 heavy (non-hydrogen) atoms. The second kappa shape index (κ2) is 11.5. The number of aliphatic imine (C=N–C) groups is 1. The largest absolute Gasteiger partial charge is 0.497 e. The Morgan fingerprint density at radius 3 is 2.06 bits per heavy atom. The van der Waals surface area contributed by atoms with Gasteiger partial charge in [0.15, 0.2) is 5.96 Å². The lowest BCUT2D eigenvalue weighted by molar-refractivity contribution is 0.393. The Morgan fingerprint density at radius 1 is 1.00 bits per heavy atom. The van der Waals surface area contributed by atoms with E-state index in [1.807, 2.05) is 6.07 Å². The van der Waals surface area contributed by atoms with E-state index >= 15 is 0 Å². The van der Waals surface area contributed by atoms with E-state index in [9.17, 15) is 0 Å². The summed E-state index contributed by atoms with van der Waals surface area (Å²) in [6.45, 7) is 6.08. The highest BCUT2D eigenvalue weighted by Gasteiger charge is 2.41. The first-order valence-electron chi connectivity index (χ1n) is 11.7. The smallest absolute Gasteiger partial charge is 0.191 e. The summed E-state index contributed by atoms with van der Waals surface area (Å²) in [5.74, 6) is 5.41. The summed E-state index contributed by atoms with van der Waals surface area (Å²) in [6, 6.07) is 6.58. The van der Waals surface area contributed by atoms with Gasteiger partial charge in [0, 0.05) is 56.1 Å². The number of methoxy groups -OCH3 is 2. The molecule has 0 aromatic heterocycles. The highest BCUT2D eigenvalue weighted by atomic mass is 127. The van der Waals surface area contributed by atoms with E-state index in [2.05, 4.69) is 34.6 Å². The standard InChI is InChI=1S/C24H38N4O2.HI/c1-4-25-24(26-16-23(17-5-6-17)18-7-8-18)27-19-9-11-28(12-10-19)20-13-21(29-2)15-22(14-20)30-3;/h13-15,17-19,23H,4-12,16H2,1-3H3,(H2,25,26,27);1H. The number of benzene rings is 1. The molecule has 7 heteroatoms. The summed E-state index contributed by atoms with van der Waals surface area (Å²) in [5, 5.41) is 7.18. The van der Waals surface area contributed by atoms with Gasteiger partial charge >= 0.3 is 0 Å². The van der Waals surface area contributed by atoms with Crippen LogP contribution in [0.5, 0.6) is 11.5 Å². The van der Waals surface area contributed by atoms with Crippen LogP contribution in [-0.2, 0) is 0 Å². The molecule has 3 aliphatic rings. The maximum Gasteiger partial charge on any atom is 0.191 e. The molecule has 1 aromatic rings. The van der Waals surface area contributed by atoms with Crippen LogP contribution in [-0.4, -0.2) is 52.4 Å². The monoisotopic (exact) mass is 542 g/mol. The van der Waals surface area contributed by atoms with Crippen LogP contribution in [0.1, 0.15) is 45.4 Å². The van der Waals surface area contributed by atoms with Crippen molar-refractivity contribution in [3.63, 3.8) is 0 Å². The van der Waals surface area contributed by atoms with Crippen LogP contribution < -0.4 is 25.0 Å². The molecule has 174 valence electrons. The number of guanidine groups is 1. The summed E-state index contributed by atoms with van der Waals surface area (Å²) in [5.41, 5.74) is 1.17. The van der Waals surface area contributed by atoms with E-state index in [1.165, 1.54) is 31.4 Å². The molecule has 1 heterocycles. The molecule has 0 spiro atoms. The number of hydrogen-bond acceptors (Lipinski definition) is 4. The van der Waals surface area contributed by atoms with Crippen molar-refractivity contribution in [3.8, 4) is 11.5 Å². The van der Waals surface area contributed by atoms with E-state index in [1.54, 1.807) is 14.2 Å². The van der Waals surface area contributed by atoms with Crippen molar-refractivity contribution in [2.45, 2.75) is 51.5 Å². The zero-order valence-electron chi connectivity index (χ0n) is 19.2. The summed E-state index contributed by atoms with van der Waals surface area (Å²) in [6.07, 6.45) is 7.89. The number of rotatable bonds is 9. The molecule has 4 rings (SSSR count). The predicted molar refractivity (Wildman–Crippen MR) is 138 cm³/mol. The highest BCUT2D eigenvalue weighted by Crippen LogP contribution is 2.49. The molecule has 1 aliphatic heterocycles. The first-order valence-corrected chi connectivity index (χ1v) is 11.7. The average molecular weight is 543 g/mol. The van der Waals surface area contributed by atoms with Gasteiger partial charge in [-0.05, 0) is 63.2 Å². The fraction of sp³-hybridized carbons (Fsp3) is 0.708. The lowest BCUT2D eigenvalue weighted by Crippen LogP contribution is -2.49. The van der Waals surface area contributed by atoms with E-state index in [0.29, 0.717) is 6.04 Å². The average Bonchev–Trinajstić information content (AvgIpc) is 3.69. The molecule has 0 unspecified atom stereocenters. The quantitative estimate of drug-likeness (QED) is 0.277. The van der Waals surface area contributed by atoms with Gasteiger partial charge in [0.25, 0.3) is 0 Å². The zero-order valence-corrected chi connectivity index (χ0v) is 21.6. The Morgan fingerprint density at radius 2 is 1.58 bits per heavy atom. The Balaban J connectivity index is 0.00000272. The van der Waals surface area contributed by atoms with Crippen LogP contribution in [0.25, 0.3) is 0 Å². The number of halogens is 1. The summed E-state index contributed by atoms with van der Waals surface area (Å²) < 4.78 is 10.9. The SMILES string of the molecule is CCNC(=NCC(C1CC1)C1CC1)NC1CCN(c2cc(OC)cc(OC)c2)CC1.I. The molecule has 2 aliphatic carbocycles. The molecule has 2 N–H and O–H groups in total. The van der Waals surface area contributed by atoms with Crippen molar-refractivity contribution in [2.75, 3.05) is 45.3 Å². The highest BCUT2D eigenvalue weighted by molar-refractivity contribution is 14.0. The number of ether oxygens (including phenoxy) is 2. The second-order valence-corrected chi connectivity index (χ2v) is 9.03. The normalized spacial score (nSPS) is 19.7. The van der Waals surface area contributed by atoms with Crippen LogP contribution in [0.2, 0.25) is 0 Å². The summed E-state index contributed by atoms with van der Waals surface area (Å²) >= 11 is 0. The minimum atomic E-state index is 0. The molecular weight excluding hydrogens is 503 g/mol. The molecule has 0 radical (unpaired) electrons. The van der Waals surface area contributed by atoms with Crippen molar-refractivity contribution >= 4 is 35.6 Å². The van der Waals surface area contributed by atoms with E-state index in [4.69, 9.17) is 14.5 Å². The van der Waals surface area contributed by atoms with E-state index < -0.39 is 0 Å². The van der Waals surface area contributed by atoms with E-state index in [-0.39, 0.29) is 24.0 Å². The van der Waals surface area contributed by atoms with Crippen LogP contribution in [0.3, 0.4) is 0 Å². The number of hydrogen-bond donors (Lipinski definition) is 2. The predicted octanol–water partition coefficient (Wildman–Crippen LogP) is 4.28. The summed E-state index contributed by atoms with van der Waals surface area (Å²) in [7, 11) is 3.40. The Labute approximate surface area is 204 Å². The van der Waals surface area contributed by atoms with Crippen LogP contribution in [0.15, 0.2) is 23.2 Å². The van der Waals surface area contributed by atoms with Gasteiger partial charge in [-0.15, -0.1) is 24.0 Å². The third kappa shape index (κ3) is 6.80. The fourth-order valence-electron chi connectivity index (χ4n) is 4.70. The van der Waals surface area contributed by atoms with Crippen molar-refractivity contribution in [1.82, 2.24) is 10.6 Å². The zero-order chi connectivity index (χ0) is 20.9. The van der Waals surface area contributed by atoms with Gasteiger partial charge in [-0.2, -0.15) is 0 Å². The molecule has 0 amide bonds. The molecule has 0 atom stereocenters. The third-order valence-electron chi connectivity index (χ3n) is 6.80. The van der Waals surface area contributed by atoms with Gasteiger partial charge < -0.3 is 25.0 Å². The Kier molecular flexibility index (Phi) is 8.98. The molecule has 1 saturated heterocycles. The molecule has 1 aromatic carbocycles. The van der Waals surface area contributed by atoms with Gasteiger partial charge in [-0.1, -0.05) is 0 Å². The number of anilines is 1. The lowest BCUT2D eigenvalue weighted by Gasteiger charge is -2.35. The van der Waals surface area contributed by atoms with Gasteiger partial charge in [0.05, 0.1) is 14.2 Å². The first kappa shape index (κ1) is 24.3. The molecular formula is C24H39IN4O2. The minimum Gasteiger partial charge on any atom is -0.497 e. The molecule has 0 bridgehead atoms. The van der Waals surface area contributed by atoms with Gasteiger partial charge in [-0.3, -0.25) is 4.99 Å². The maximum absolute atomic E-state index is 5.43. The Hall–Kier alpha value is -1.38. The number of nitrogens with zero attached hydrogens (tertiary/aromatic N) is 2. The van der Waals surface area contributed by atoms with Gasteiger partial charge in [0.1, 0.15) is 11.5 Å². The van der Waals surface area contributed by atoms with Crippen LogP contribution in [0.4, 0.5) is 5.69 Å². The van der Waals surface area contributed by atoms with Crippen molar-refractivity contribution in [2.24, 2.45) is 22.7 Å². The van der Waals surface area contributed by atoms with Crippen molar-refractivity contribution < 1.29 is 9.47 Å². The lowest BCUT2D eigenvalue weighted by atomic mass is 9.98. The topological polar surface area (TPSA) is 58.1 Å². The Bertz CT molecular complexity index is 694. The molecule has 3 fully saturated rings.